The number of aromatic nitrogens is 1. The molecule has 0 unspecified atom stereocenters. The Morgan fingerprint density at radius 2 is 1.95 bits per heavy atom. The molecule has 0 spiro atoms. The highest BCUT2D eigenvalue weighted by atomic mass is 79.9. The molecule has 5 rings (SSSR count). The summed E-state index contributed by atoms with van der Waals surface area (Å²) >= 11 is 3.71. The molecule has 1 saturated carbocycles. The van der Waals surface area contributed by atoms with Crippen LogP contribution in [0.4, 0.5) is 0 Å². The smallest absolute Gasteiger partial charge is 0.326 e. The Balaban J connectivity index is 1.58. The molecule has 8 nitrogen and oxygen atoms in total. The quantitative estimate of drug-likeness (QED) is 0.408. The molecule has 3 heterocycles. The van der Waals surface area contributed by atoms with Crippen molar-refractivity contribution in [2.24, 2.45) is 11.3 Å². The maximum atomic E-state index is 14.1. The Hall–Kier alpha value is -2.49. The van der Waals surface area contributed by atoms with Crippen LogP contribution in [0.25, 0.3) is 0 Å². The van der Waals surface area contributed by atoms with Crippen LogP contribution in [0, 0.1) is 11.3 Å². The van der Waals surface area contributed by atoms with E-state index in [-0.39, 0.29) is 17.9 Å². The summed E-state index contributed by atoms with van der Waals surface area (Å²) < 4.78 is 12.3. The minimum absolute atomic E-state index is 0.254. The average molecular weight is 615 g/mol. The number of amides is 1. The molecule has 5 atom stereocenters. The van der Waals surface area contributed by atoms with E-state index in [1.54, 1.807) is 12.0 Å². The van der Waals surface area contributed by atoms with Gasteiger partial charge in [-0.3, -0.25) is 4.79 Å². The van der Waals surface area contributed by atoms with Gasteiger partial charge in [0.15, 0.2) is 0 Å². The predicted molar refractivity (Wildman–Crippen MR) is 155 cm³/mol. The molecule has 1 aliphatic carbocycles. The number of carboxylic acid groups (broad SMARTS) is 1. The fourth-order valence-corrected chi connectivity index (χ4v) is 7.25. The van der Waals surface area contributed by atoms with Gasteiger partial charge in [0.25, 0.3) is 5.91 Å². The molecular weight excluding hydrogens is 574 g/mol. The fraction of sp³-hybridized carbons (Fsp3) is 0.581. The van der Waals surface area contributed by atoms with E-state index in [1.807, 2.05) is 30.5 Å². The summed E-state index contributed by atoms with van der Waals surface area (Å²) in [6.45, 7) is 7.11. The van der Waals surface area contributed by atoms with Crippen molar-refractivity contribution in [3.63, 3.8) is 0 Å². The zero-order valence-corrected chi connectivity index (χ0v) is 25.3. The van der Waals surface area contributed by atoms with Crippen LogP contribution in [-0.4, -0.2) is 58.8 Å². The number of likely N-dealkylation sites (tertiary alicyclic amines) is 1. The van der Waals surface area contributed by atoms with Gasteiger partial charge in [0.05, 0.1) is 13.2 Å². The normalized spacial score (nSPS) is 27.0. The van der Waals surface area contributed by atoms with Gasteiger partial charge in [-0.05, 0) is 60.3 Å². The number of carboxylic acids is 1. The number of rotatable bonds is 8. The standard InChI is InChI=1S/C31H40BrN3O5/c1-31(2,3)24-25(33-17-20-15-19(18-9-7-10-18)16-34-28(20)39-4)26(21-11-5-6-12-22(21)32)35(27(24)30(37)38)29(36)23-13-8-14-40-23/h5-6,11-12,15-16,18,23-27,33H,7-10,13-14,17H2,1-4H3,(H,37,38)/t23-,24-,25-,26-,27-/m0/s1. The third-order valence-corrected chi connectivity index (χ3v) is 9.57. The molecule has 216 valence electrons. The molecule has 3 fully saturated rings. The molecule has 1 aromatic heterocycles. The highest BCUT2D eigenvalue weighted by Crippen LogP contribution is 2.50. The largest absolute Gasteiger partial charge is 0.481 e. The molecule has 3 aliphatic rings. The number of hydrogen-bond acceptors (Lipinski definition) is 6. The van der Waals surface area contributed by atoms with Crippen molar-refractivity contribution >= 4 is 27.8 Å². The molecule has 2 aliphatic heterocycles. The molecule has 9 heteroatoms. The first-order valence-electron chi connectivity index (χ1n) is 14.3. The van der Waals surface area contributed by atoms with Crippen LogP contribution in [0.2, 0.25) is 0 Å². The lowest BCUT2D eigenvalue weighted by molar-refractivity contribution is -0.156. The van der Waals surface area contributed by atoms with E-state index in [0.717, 1.165) is 22.0 Å². The van der Waals surface area contributed by atoms with Crippen LogP contribution < -0.4 is 10.1 Å². The van der Waals surface area contributed by atoms with Crippen molar-refractivity contribution in [3.05, 3.63) is 57.7 Å². The van der Waals surface area contributed by atoms with Gasteiger partial charge < -0.3 is 24.8 Å². The molecule has 2 saturated heterocycles. The number of aliphatic carboxylic acids is 1. The SMILES string of the molecule is COc1ncc(C2CCC2)cc1CN[C@H]1[C@H](C(C)(C)C)[C@@H](C(=O)O)N(C(=O)[C@@H]2CCCO2)[C@H]1c1ccccc1Br. The van der Waals surface area contributed by atoms with E-state index in [9.17, 15) is 14.7 Å². The van der Waals surface area contributed by atoms with Crippen molar-refractivity contribution in [2.45, 2.75) is 89.6 Å². The first-order chi connectivity index (χ1) is 19.1. The average Bonchev–Trinajstić information content (AvgIpc) is 3.53. The number of benzene rings is 1. The number of carbonyl (C=O) groups is 2. The maximum Gasteiger partial charge on any atom is 0.326 e. The van der Waals surface area contributed by atoms with E-state index >= 15 is 0 Å². The van der Waals surface area contributed by atoms with E-state index in [4.69, 9.17) is 9.47 Å². The lowest BCUT2D eigenvalue weighted by atomic mass is 9.72. The van der Waals surface area contributed by atoms with Gasteiger partial charge in [-0.2, -0.15) is 0 Å². The number of hydrogen-bond donors (Lipinski definition) is 2. The van der Waals surface area contributed by atoms with Crippen LogP contribution in [0.3, 0.4) is 0 Å². The first kappa shape index (κ1) is 29.0. The van der Waals surface area contributed by atoms with E-state index < -0.39 is 29.6 Å². The third-order valence-electron chi connectivity index (χ3n) is 8.85. The highest BCUT2D eigenvalue weighted by Gasteiger charge is 2.59. The van der Waals surface area contributed by atoms with Crippen LogP contribution in [0.15, 0.2) is 41.0 Å². The van der Waals surface area contributed by atoms with E-state index in [0.29, 0.717) is 31.4 Å². The lowest BCUT2D eigenvalue weighted by Crippen LogP contribution is -2.50. The monoisotopic (exact) mass is 613 g/mol. The highest BCUT2D eigenvalue weighted by molar-refractivity contribution is 9.10. The first-order valence-corrected chi connectivity index (χ1v) is 15.1. The summed E-state index contributed by atoms with van der Waals surface area (Å²) in [7, 11) is 1.62. The van der Waals surface area contributed by atoms with Crippen molar-refractivity contribution in [3.8, 4) is 5.88 Å². The minimum atomic E-state index is -1.02. The Kier molecular flexibility index (Phi) is 8.55. The number of methoxy groups -OCH3 is 1. The number of ether oxygens (including phenoxy) is 2. The number of nitrogens with one attached hydrogen (secondary N) is 1. The summed E-state index contributed by atoms with van der Waals surface area (Å²) in [5.74, 6) is -0.564. The van der Waals surface area contributed by atoms with Crippen molar-refractivity contribution in [2.75, 3.05) is 13.7 Å². The second-order valence-corrected chi connectivity index (χ2v) is 13.2. The van der Waals surface area contributed by atoms with Crippen LogP contribution in [0.5, 0.6) is 5.88 Å². The van der Waals surface area contributed by atoms with Gasteiger partial charge in [0.1, 0.15) is 12.1 Å². The number of nitrogens with zero attached hydrogens (tertiary/aromatic N) is 2. The molecule has 2 N–H and O–H groups in total. The Bertz CT molecular complexity index is 1240. The van der Waals surface area contributed by atoms with Crippen LogP contribution >= 0.6 is 15.9 Å². The zero-order chi connectivity index (χ0) is 28.6. The Labute approximate surface area is 245 Å². The molecule has 40 heavy (non-hydrogen) atoms. The number of carbonyl (C=O) groups excluding carboxylic acids is 1. The third kappa shape index (κ3) is 5.52. The van der Waals surface area contributed by atoms with Gasteiger partial charge in [-0.15, -0.1) is 0 Å². The second-order valence-electron chi connectivity index (χ2n) is 12.4. The Morgan fingerprint density at radius 3 is 2.52 bits per heavy atom. The molecule has 0 bridgehead atoms. The fourth-order valence-electron chi connectivity index (χ4n) is 6.73. The van der Waals surface area contributed by atoms with Gasteiger partial charge >= 0.3 is 5.97 Å². The summed E-state index contributed by atoms with van der Waals surface area (Å²) in [5, 5.41) is 14.4. The maximum absolute atomic E-state index is 14.1. The molecule has 1 aromatic carbocycles. The van der Waals surface area contributed by atoms with Gasteiger partial charge in [-0.1, -0.05) is 61.3 Å². The van der Waals surface area contributed by atoms with Crippen LogP contribution in [-0.2, 0) is 20.9 Å². The minimum Gasteiger partial charge on any atom is -0.481 e. The number of pyridine rings is 1. The van der Waals surface area contributed by atoms with E-state index in [2.05, 4.69) is 53.1 Å². The topological polar surface area (TPSA) is 101 Å². The van der Waals surface area contributed by atoms with E-state index in [1.165, 1.54) is 24.8 Å². The predicted octanol–water partition coefficient (Wildman–Crippen LogP) is 5.46. The molecular formula is C31H40BrN3O5. The van der Waals surface area contributed by atoms with Crippen molar-refractivity contribution in [1.29, 1.82) is 0 Å². The molecule has 2 aromatic rings. The molecule has 1 amide bonds. The molecule has 0 radical (unpaired) electrons. The summed E-state index contributed by atoms with van der Waals surface area (Å²) in [5.41, 5.74) is 2.59. The second kappa shape index (κ2) is 11.8. The van der Waals surface area contributed by atoms with Gasteiger partial charge in [0.2, 0.25) is 5.88 Å². The van der Waals surface area contributed by atoms with Crippen molar-refractivity contribution < 1.29 is 24.2 Å². The summed E-state index contributed by atoms with van der Waals surface area (Å²) in [4.78, 5) is 33.3. The lowest BCUT2D eigenvalue weighted by Gasteiger charge is -2.35. The number of halogens is 1. The Morgan fingerprint density at radius 1 is 1.20 bits per heavy atom. The van der Waals surface area contributed by atoms with Crippen LogP contribution in [0.1, 0.15) is 81.5 Å². The summed E-state index contributed by atoms with van der Waals surface area (Å²) in [6, 6.07) is 8.04. The zero-order valence-electron chi connectivity index (χ0n) is 23.7. The van der Waals surface area contributed by atoms with Crippen molar-refractivity contribution in [1.82, 2.24) is 15.2 Å². The summed E-state index contributed by atoms with van der Waals surface area (Å²) in [6.07, 6.45) is 6.23. The van der Waals surface area contributed by atoms with Gasteiger partial charge in [-0.25, -0.2) is 9.78 Å². The van der Waals surface area contributed by atoms with Gasteiger partial charge in [0, 0.05) is 41.3 Å².